The quantitative estimate of drug-likeness (QED) is 0.487. The molecule has 0 spiro atoms. The summed E-state index contributed by atoms with van der Waals surface area (Å²) in [5.74, 6) is 5.50. The zero-order valence-electron chi connectivity index (χ0n) is 17.0. The van der Waals surface area contributed by atoms with Crippen molar-refractivity contribution in [2.24, 2.45) is 23.7 Å². The van der Waals surface area contributed by atoms with Gasteiger partial charge in [-0.1, -0.05) is 41.4 Å². The number of carbonyl (C=O) groups is 1. The molecule has 2 aromatic rings. The van der Waals surface area contributed by atoms with Crippen LogP contribution < -0.4 is 5.32 Å². The first kappa shape index (κ1) is 20.7. The maximum absolute atomic E-state index is 12.4. The van der Waals surface area contributed by atoms with Crippen molar-refractivity contribution in [3.05, 3.63) is 63.6 Å². The molecule has 6 rings (SSSR count). The number of halogens is 2. The third-order valence-electron chi connectivity index (χ3n) is 7.35. The predicted molar refractivity (Wildman–Crippen MR) is 127 cm³/mol. The molecule has 4 aliphatic rings. The summed E-state index contributed by atoms with van der Waals surface area (Å²) in [6, 6.07) is 14.1. The summed E-state index contributed by atoms with van der Waals surface area (Å²) in [5.41, 5.74) is 3.24. The van der Waals surface area contributed by atoms with E-state index in [1.54, 1.807) is 0 Å². The lowest BCUT2D eigenvalue weighted by Crippen LogP contribution is -2.43. The Morgan fingerprint density at radius 3 is 2.10 bits per heavy atom. The molecule has 4 fully saturated rings. The van der Waals surface area contributed by atoms with Crippen molar-refractivity contribution in [3.8, 4) is 0 Å². The number of amides is 1. The molecular formula is C25H27Cl2NOS. The van der Waals surface area contributed by atoms with Gasteiger partial charge in [-0.2, -0.15) is 0 Å². The molecule has 158 valence electrons. The number of hydrogen-bond acceptors (Lipinski definition) is 2. The molecule has 0 atom stereocenters. The van der Waals surface area contributed by atoms with Crippen molar-refractivity contribution in [2.75, 3.05) is 11.1 Å². The molecule has 30 heavy (non-hydrogen) atoms. The van der Waals surface area contributed by atoms with Gasteiger partial charge in [0.25, 0.3) is 0 Å². The molecule has 5 heteroatoms. The molecule has 0 radical (unpaired) electrons. The van der Waals surface area contributed by atoms with E-state index in [1.165, 1.54) is 49.4 Å². The van der Waals surface area contributed by atoms with E-state index >= 15 is 0 Å². The minimum Gasteiger partial charge on any atom is -0.325 e. The van der Waals surface area contributed by atoms with Gasteiger partial charge in [-0.15, -0.1) is 11.8 Å². The molecule has 0 unspecified atom stereocenters. The average molecular weight is 460 g/mol. The molecule has 4 saturated carbocycles. The molecule has 0 heterocycles. The number of benzene rings is 2. The van der Waals surface area contributed by atoms with Crippen molar-refractivity contribution in [3.63, 3.8) is 0 Å². The van der Waals surface area contributed by atoms with Gasteiger partial charge in [0.2, 0.25) is 5.91 Å². The first-order chi connectivity index (χ1) is 14.6. The van der Waals surface area contributed by atoms with Gasteiger partial charge in [0.05, 0.1) is 5.75 Å². The van der Waals surface area contributed by atoms with E-state index in [4.69, 9.17) is 23.2 Å². The Morgan fingerprint density at radius 1 is 0.900 bits per heavy atom. The molecule has 2 nitrogen and oxygen atoms in total. The molecule has 0 aliphatic heterocycles. The standard InChI is InChI=1S/C25H27Cl2NOS/c26-22-2-1-3-23(27)21(22)13-30-14-24(29)28-20-6-4-17(5-7-20)25-18-9-15-8-16(11-18)12-19(25)10-15/h1-7,15-16,18-19,25H,8-14H2,(H,28,29). The number of anilines is 1. The minimum absolute atomic E-state index is 0.00514. The van der Waals surface area contributed by atoms with Gasteiger partial charge in [-0.3, -0.25) is 4.79 Å². The van der Waals surface area contributed by atoms with Crippen LogP contribution in [0.5, 0.6) is 0 Å². The monoisotopic (exact) mass is 459 g/mol. The predicted octanol–water partition coefficient (Wildman–Crippen LogP) is 7.41. The maximum Gasteiger partial charge on any atom is 0.234 e. The van der Waals surface area contributed by atoms with Crippen molar-refractivity contribution < 1.29 is 4.79 Å². The highest BCUT2D eigenvalue weighted by Gasteiger charge is 2.48. The van der Waals surface area contributed by atoms with Gasteiger partial charge < -0.3 is 5.32 Å². The highest BCUT2D eigenvalue weighted by atomic mass is 35.5. The lowest BCUT2D eigenvalue weighted by atomic mass is 9.51. The fourth-order valence-corrected chi connectivity index (χ4v) is 7.94. The van der Waals surface area contributed by atoms with Crippen LogP contribution >= 0.6 is 35.0 Å². The minimum atomic E-state index is 0.00514. The third-order valence-corrected chi connectivity index (χ3v) is 9.01. The second-order valence-corrected chi connectivity index (χ2v) is 11.1. The molecule has 1 amide bonds. The molecule has 1 N–H and O–H groups in total. The molecular weight excluding hydrogens is 433 g/mol. The normalized spacial score (nSPS) is 29.2. The fraction of sp³-hybridized carbons (Fsp3) is 0.480. The Labute approximate surface area is 193 Å². The van der Waals surface area contributed by atoms with Crippen LogP contribution in [-0.4, -0.2) is 11.7 Å². The molecule has 0 aromatic heterocycles. The van der Waals surface area contributed by atoms with Crippen LogP contribution in [0.4, 0.5) is 5.69 Å². The number of carbonyl (C=O) groups excluding carboxylic acids is 1. The summed E-state index contributed by atoms with van der Waals surface area (Å²) in [6.45, 7) is 0. The molecule has 0 saturated heterocycles. The number of rotatable bonds is 6. The van der Waals surface area contributed by atoms with E-state index in [9.17, 15) is 4.79 Å². The van der Waals surface area contributed by atoms with E-state index in [0.717, 1.165) is 40.8 Å². The Kier molecular flexibility index (Phi) is 6.05. The largest absolute Gasteiger partial charge is 0.325 e. The summed E-state index contributed by atoms with van der Waals surface area (Å²) in [6.07, 6.45) is 7.22. The Bertz CT molecular complexity index is 881. The van der Waals surface area contributed by atoms with Crippen LogP contribution in [0.25, 0.3) is 0 Å². The van der Waals surface area contributed by atoms with E-state index in [-0.39, 0.29) is 5.91 Å². The van der Waals surface area contributed by atoms with E-state index in [2.05, 4.69) is 29.6 Å². The van der Waals surface area contributed by atoms with Gasteiger partial charge in [0.15, 0.2) is 0 Å². The van der Waals surface area contributed by atoms with Crippen molar-refractivity contribution in [1.82, 2.24) is 0 Å². The topological polar surface area (TPSA) is 29.1 Å². The van der Waals surface area contributed by atoms with Gasteiger partial charge in [-0.25, -0.2) is 0 Å². The summed E-state index contributed by atoms with van der Waals surface area (Å²) in [5, 5.41) is 4.32. The zero-order chi connectivity index (χ0) is 20.7. The van der Waals surface area contributed by atoms with Crippen LogP contribution in [-0.2, 0) is 10.5 Å². The third kappa shape index (κ3) is 4.26. The fourth-order valence-electron chi connectivity index (χ4n) is 6.37. The van der Waals surface area contributed by atoms with Crippen molar-refractivity contribution >= 4 is 46.6 Å². The zero-order valence-corrected chi connectivity index (χ0v) is 19.3. The first-order valence-corrected chi connectivity index (χ1v) is 12.9. The first-order valence-electron chi connectivity index (χ1n) is 11.0. The van der Waals surface area contributed by atoms with Crippen LogP contribution in [0.15, 0.2) is 42.5 Å². The van der Waals surface area contributed by atoms with Crippen molar-refractivity contribution in [1.29, 1.82) is 0 Å². The van der Waals surface area contributed by atoms with Gasteiger partial charge in [0.1, 0.15) is 0 Å². The van der Waals surface area contributed by atoms with Crippen LogP contribution in [0.3, 0.4) is 0 Å². The Balaban J connectivity index is 1.15. The number of nitrogens with one attached hydrogen (secondary N) is 1. The Morgan fingerprint density at radius 2 is 1.50 bits per heavy atom. The lowest BCUT2D eigenvalue weighted by molar-refractivity contribution is -0.113. The lowest BCUT2D eigenvalue weighted by Gasteiger charge is -2.54. The second-order valence-electron chi connectivity index (χ2n) is 9.32. The number of thioether (sulfide) groups is 1. The highest BCUT2D eigenvalue weighted by molar-refractivity contribution is 7.99. The maximum atomic E-state index is 12.4. The average Bonchev–Trinajstić information content (AvgIpc) is 2.71. The molecule has 4 aliphatic carbocycles. The van der Waals surface area contributed by atoms with E-state index in [0.29, 0.717) is 21.6 Å². The smallest absolute Gasteiger partial charge is 0.234 e. The van der Waals surface area contributed by atoms with E-state index in [1.807, 2.05) is 18.2 Å². The molecule has 2 aromatic carbocycles. The number of hydrogen-bond donors (Lipinski definition) is 1. The SMILES string of the molecule is O=C(CSCc1c(Cl)cccc1Cl)Nc1ccc(C2C3CC4CC(C3)CC2C4)cc1. The van der Waals surface area contributed by atoms with Crippen LogP contribution in [0, 0.1) is 23.7 Å². The van der Waals surface area contributed by atoms with Gasteiger partial charge in [-0.05, 0) is 97.1 Å². The van der Waals surface area contributed by atoms with Crippen LogP contribution in [0.1, 0.15) is 49.1 Å². The van der Waals surface area contributed by atoms with Gasteiger partial charge in [0, 0.05) is 21.5 Å². The summed E-state index contributed by atoms with van der Waals surface area (Å²) >= 11 is 13.9. The summed E-state index contributed by atoms with van der Waals surface area (Å²) in [4.78, 5) is 12.4. The Hall–Kier alpha value is -1.16. The van der Waals surface area contributed by atoms with E-state index < -0.39 is 0 Å². The van der Waals surface area contributed by atoms with Crippen molar-refractivity contribution in [2.45, 2.75) is 43.8 Å². The van der Waals surface area contributed by atoms with Crippen LogP contribution in [0.2, 0.25) is 10.0 Å². The second kappa shape index (κ2) is 8.76. The summed E-state index contributed by atoms with van der Waals surface area (Å²) in [7, 11) is 0. The highest BCUT2D eigenvalue weighted by Crippen LogP contribution is 2.59. The van der Waals surface area contributed by atoms with Gasteiger partial charge >= 0.3 is 0 Å². The summed E-state index contributed by atoms with van der Waals surface area (Å²) < 4.78 is 0. The molecule has 4 bridgehead atoms.